The minimum absolute atomic E-state index is 0.0375. The number of aryl methyl sites for hydroxylation is 1. The van der Waals surface area contributed by atoms with Gasteiger partial charge in [0.15, 0.2) is 0 Å². The Morgan fingerprint density at radius 1 is 1.19 bits per heavy atom. The Morgan fingerprint density at radius 3 is 2.43 bits per heavy atom. The Bertz CT molecular complexity index is 408. The van der Waals surface area contributed by atoms with E-state index in [1.54, 1.807) is 0 Å². The number of nitrogens with two attached hydrogens (primary N) is 1. The molecule has 0 bridgehead atoms. The third kappa shape index (κ3) is 4.27. The van der Waals surface area contributed by atoms with E-state index in [1.807, 2.05) is 6.20 Å². The molecule has 0 radical (unpaired) electrons. The Labute approximate surface area is 129 Å². The number of aromatic nitrogens is 1. The average Bonchev–Trinajstić information content (AvgIpc) is 2.75. The number of nitrogens with zero attached hydrogens (tertiary/aromatic N) is 1. The molecule has 3 nitrogen and oxygen atoms in total. The number of pyridine rings is 1. The maximum absolute atomic E-state index is 6.58. The molecule has 1 aliphatic carbocycles. The highest BCUT2D eigenvalue weighted by Gasteiger charge is 2.37. The lowest BCUT2D eigenvalue weighted by molar-refractivity contribution is -0.0685. The van der Waals surface area contributed by atoms with Crippen LogP contribution in [0.15, 0.2) is 18.3 Å². The molecule has 2 rings (SSSR count). The van der Waals surface area contributed by atoms with Crippen LogP contribution in [0, 0.1) is 0 Å². The molecule has 3 heteroatoms. The molecule has 0 amide bonds. The molecule has 1 aromatic rings. The zero-order valence-corrected chi connectivity index (χ0v) is 13.6. The number of hydrogen-bond donors (Lipinski definition) is 1. The van der Waals surface area contributed by atoms with Crippen molar-refractivity contribution < 1.29 is 4.74 Å². The Balaban J connectivity index is 2.07. The van der Waals surface area contributed by atoms with Gasteiger partial charge >= 0.3 is 0 Å². The zero-order chi connectivity index (χ0) is 15.1. The summed E-state index contributed by atoms with van der Waals surface area (Å²) in [6, 6.07) is 4.32. The fourth-order valence-electron chi connectivity index (χ4n) is 3.43. The van der Waals surface area contributed by atoms with Crippen molar-refractivity contribution in [3.63, 3.8) is 0 Å². The molecule has 1 unspecified atom stereocenters. The van der Waals surface area contributed by atoms with Crippen LogP contribution in [-0.2, 0) is 17.6 Å². The lowest BCUT2D eigenvalue weighted by Gasteiger charge is -2.38. The summed E-state index contributed by atoms with van der Waals surface area (Å²) in [6.45, 7) is 4.97. The molecular weight excluding hydrogens is 260 g/mol. The maximum atomic E-state index is 6.58. The van der Waals surface area contributed by atoms with Crippen molar-refractivity contribution in [3.8, 4) is 0 Å². The monoisotopic (exact) mass is 290 g/mol. The van der Waals surface area contributed by atoms with Crippen molar-refractivity contribution in [2.24, 2.45) is 5.73 Å². The van der Waals surface area contributed by atoms with E-state index in [0.717, 1.165) is 38.0 Å². The number of hydrogen-bond acceptors (Lipinski definition) is 3. The van der Waals surface area contributed by atoms with E-state index in [2.05, 4.69) is 31.0 Å². The van der Waals surface area contributed by atoms with Crippen molar-refractivity contribution in [2.75, 3.05) is 6.61 Å². The van der Waals surface area contributed by atoms with E-state index in [9.17, 15) is 0 Å². The summed E-state index contributed by atoms with van der Waals surface area (Å²) in [4.78, 5) is 4.56. The number of rotatable bonds is 6. The summed E-state index contributed by atoms with van der Waals surface area (Å²) in [5.74, 6) is 0. The first-order valence-corrected chi connectivity index (χ1v) is 8.53. The second kappa shape index (κ2) is 7.90. The molecule has 21 heavy (non-hydrogen) atoms. The van der Waals surface area contributed by atoms with E-state index in [-0.39, 0.29) is 11.6 Å². The van der Waals surface area contributed by atoms with E-state index in [0.29, 0.717) is 0 Å². The molecule has 1 saturated carbocycles. The normalized spacial score (nSPS) is 20.0. The topological polar surface area (TPSA) is 48.1 Å². The van der Waals surface area contributed by atoms with Gasteiger partial charge in [-0.3, -0.25) is 4.98 Å². The van der Waals surface area contributed by atoms with Gasteiger partial charge in [0.2, 0.25) is 0 Å². The van der Waals surface area contributed by atoms with Gasteiger partial charge in [-0.15, -0.1) is 0 Å². The fraction of sp³-hybridized carbons (Fsp3) is 0.722. The Morgan fingerprint density at radius 2 is 1.90 bits per heavy atom. The van der Waals surface area contributed by atoms with Gasteiger partial charge in [-0.25, -0.2) is 0 Å². The summed E-state index contributed by atoms with van der Waals surface area (Å²) in [6.07, 6.45) is 11.1. The smallest absolute Gasteiger partial charge is 0.0836 e. The lowest BCUT2D eigenvalue weighted by atomic mass is 9.84. The van der Waals surface area contributed by atoms with Crippen LogP contribution in [0.3, 0.4) is 0 Å². The molecule has 0 saturated heterocycles. The quantitative estimate of drug-likeness (QED) is 0.814. The third-order valence-electron chi connectivity index (χ3n) is 4.78. The highest BCUT2D eigenvalue weighted by atomic mass is 16.5. The molecule has 1 aromatic heterocycles. The van der Waals surface area contributed by atoms with E-state index >= 15 is 0 Å². The van der Waals surface area contributed by atoms with Crippen LogP contribution in [0.1, 0.15) is 63.6 Å². The molecule has 2 N–H and O–H groups in total. The highest BCUT2D eigenvalue weighted by Crippen LogP contribution is 2.33. The van der Waals surface area contributed by atoms with Crippen molar-refractivity contribution in [3.05, 3.63) is 29.6 Å². The van der Waals surface area contributed by atoms with Gasteiger partial charge in [-0.2, -0.15) is 0 Å². The maximum Gasteiger partial charge on any atom is 0.0836 e. The minimum atomic E-state index is -0.143. The van der Waals surface area contributed by atoms with Gasteiger partial charge in [0.1, 0.15) is 0 Å². The highest BCUT2D eigenvalue weighted by molar-refractivity contribution is 5.15. The average molecular weight is 290 g/mol. The van der Waals surface area contributed by atoms with Gasteiger partial charge in [0.05, 0.1) is 5.60 Å². The van der Waals surface area contributed by atoms with Gasteiger partial charge in [-0.1, -0.05) is 38.7 Å². The lowest BCUT2D eigenvalue weighted by Crippen LogP contribution is -2.51. The predicted molar refractivity (Wildman–Crippen MR) is 87.4 cm³/mol. The zero-order valence-electron chi connectivity index (χ0n) is 13.6. The standard InChI is InChI=1S/C18H30N2O/c1-3-15-9-10-16(20-14-15)13-17(19)18(21-4-2)11-7-5-6-8-12-18/h9-10,14,17H,3-8,11-13,19H2,1-2H3. The van der Waals surface area contributed by atoms with E-state index < -0.39 is 0 Å². The van der Waals surface area contributed by atoms with Gasteiger partial charge < -0.3 is 10.5 Å². The summed E-state index contributed by atoms with van der Waals surface area (Å²) in [5, 5.41) is 0. The largest absolute Gasteiger partial charge is 0.374 e. The first-order chi connectivity index (χ1) is 10.2. The van der Waals surface area contributed by atoms with Crippen LogP contribution < -0.4 is 5.73 Å². The molecule has 0 aromatic carbocycles. The predicted octanol–water partition coefficient (Wildman–Crippen LogP) is 3.64. The second-order valence-corrected chi connectivity index (χ2v) is 6.23. The first kappa shape index (κ1) is 16.4. The van der Waals surface area contributed by atoms with Gasteiger partial charge in [-0.05, 0) is 37.8 Å². The van der Waals surface area contributed by atoms with Crippen molar-refractivity contribution in [1.82, 2.24) is 4.98 Å². The molecule has 1 fully saturated rings. The summed E-state index contributed by atoms with van der Waals surface area (Å²) in [5.41, 5.74) is 8.80. The van der Waals surface area contributed by atoms with Crippen LogP contribution in [0.25, 0.3) is 0 Å². The Kier molecular flexibility index (Phi) is 6.19. The molecule has 118 valence electrons. The van der Waals surface area contributed by atoms with Crippen molar-refractivity contribution in [2.45, 2.75) is 76.9 Å². The fourth-order valence-corrected chi connectivity index (χ4v) is 3.43. The Hall–Kier alpha value is -0.930. The molecular formula is C18H30N2O. The van der Waals surface area contributed by atoms with Crippen molar-refractivity contribution in [1.29, 1.82) is 0 Å². The molecule has 0 spiro atoms. The van der Waals surface area contributed by atoms with Crippen LogP contribution in [0.5, 0.6) is 0 Å². The van der Waals surface area contributed by atoms with Gasteiger partial charge in [0, 0.05) is 31.0 Å². The molecule has 1 aliphatic rings. The number of ether oxygens (including phenoxy) is 1. The third-order valence-corrected chi connectivity index (χ3v) is 4.78. The van der Waals surface area contributed by atoms with Crippen molar-refractivity contribution >= 4 is 0 Å². The van der Waals surface area contributed by atoms with Crippen LogP contribution in [-0.4, -0.2) is 23.2 Å². The summed E-state index contributed by atoms with van der Waals surface area (Å²) >= 11 is 0. The molecule has 0 aliphatic heterocycles. The van der Waals surface area contributed by atoms with Crippen LogP contribution >= 0.6 is 0 Å². The summed E-state index contributed by atoms with van der Waals surface area (Å²) in [7, 11) is 0. The second-order valence-electron chi connectivity index (χ2n) is 6.23. The van der Waals surface area contributed by atoms with Crippen LogP contribution in [0.4, 0.5) is 0 Å². The molecule has 1 atom stereocenters. The first-order valence-electron chi connectivity index (χ1n) is 8.53. The van der Waals surface area contributed by atoms with E-state index in [4.69, 9.17) is 10.5 Å². The van der Waals surface area contributed by atoms with E-state index in [1.165, 1.54) is 31.2 Å². The minimum Gasteiger partial charge on any atom is -0.374 e. The van der Waals surface area contributed by atoms with Gasteiger partial charge in [0.25, 0.3) is 0 Å². The van der Waals surface area contributed by atoms with Crippen LogP contribution in [0.2, 0.25) is 0 Å². The molecule has 1 heterocycles. The SMILES string of the molecule is CCOC1(C(N)Cc2ccc(CC)cn2)CCCCCC1. The summed E-state index contributed by atoms with van der Waals surface area (Å²) < 4.78 is 6.18.